The highest BCUT2D eigenvalue weighted by Crippen LogP contribution is 2.17. The Kier molecular flexibility index (Phi) is 6.22. The van der Waals surface area contributed by atoms with Crippen LogP contribution in [0.3, 0.4) is 0 Å². The fourth-order valence-electron chi connectivity index (χ4n) is 1.88. The minimum absolute atomic E-state index is 0.0822. The molecule has 1 amide bonds. The van der Waals surface area contributed by atoms with Crippen LogP contribution in [0.15, 0.2) is 42.5 Å². The van der Waals surface area contributed by atoms with E-state index in [1.165, 1.54) is 12.1 Å². The molecule has 0 heterocycles. The molecule has 2 rings (SSSR count). The topological polar surface area (TPSA) is 84.5 Å². The molecule has 0 atom stereocenters. The van der Waals surface area contributed by atoms with Gasteiger partial charge >= 0.3 is 0 Å². The summed E-state index contributed by atoms with van der Waals surface area (Å²) in [4.78, 5) is 11.7. The van der Waals surface area contributed by atoms with Crippen molar-refractivity contribution in [1.82, 2.24) is 5.32 Å². The van der Waals surface area contributed by atoms with E-state index in [9.17, 15) is 17.6 Å². The first-order valence-corrected chi connectivity index (χ1v) is 9.41. The highest BCUT2D eigenvalue weighted by Gasteiger charge is 2.09. The van der Waals surface area contributed by atoms with Gasteiger partial charge in [0, 0.05) is 11.6 Å². The molecule has 0 fully saturated rings. The number of amides is 1. The molecule has 6 nitrogen and oxygen atoms in total. The zero-order valence-electron chi connectivity index (χ0n) is 13.3. The first kappa shape index (κ1) is 19.0. The first-order valence-electron chi connectivity index (χ1n) is 7.14. The number of benzene rings is 2. The van der Waals surface area contributed by atoms with Gasteiger partial charge < -0.3 is 10.1 Å². The van der Waals surface area contributed by atoms with E-state index in [1.807, 2.05) is 0 Å². The van der Waals surface area contributed by atoms with E-state index < -0.39 is 15.8 Å². The number of carbonyl (C=O) groups excluding carboxylic acids is 1. The molecular weight excluding hydrogens is 371 g/mol. The summed E-state index contributed by atoms with van der Waals surface area (Å²) in [6.45, 7) is -0.114. The van der Waals surface area contributed by atoms with E-state index >= 15 is 0 Å². The van der Waals surface area contributed by atoms with Crippen molar-refractivity contribution in [3.8, 4) is 5.75 Å². The van der Waals surface area contributed by atoms with Gasteiger partial charge in [0.25, 0.3) is 5.91 Å². The van der Waals surface area contributed by atoms with Crippen LogP contribution in [0.4, 0.5) is 10.1 Å². The average molecular weight is 387 g/mol. The number of hydrogen-bond acceptors (Lipinski definition) is 4. The molecule has 0 aliphatic heterocycles. The Bertz CT molecular complexity index is 857. The smallest absolute Gasteiger partial charge is 0.258 e. The van der Waals surface area contributed by atoms with Gasteiger partial charge in [-0.3, -0.25) is 9.52 Å². The maximum absolute atomic E-state index is 13.8. The van der Waals surface area contributed by atoms with Crippen molar-refractivity contribution in [2.45, 2.75) is 6.54 Å². The number of halogens is 2. The lowest BCUT2D eigenvalue weighted by atomic mass is 10.2. The number of sulfonamides is 1. The third-order valence-corrected chi connectivity index (χ3v) is 3.84. The van der Waals surface area contributed by atoms with Crippen molar-refractivity contribution < 1.29 is 22.3 Å². The van der Waals surface area contributed by atoms with E-state index in [-0.39, 0.29) is 24.7 Å². The van der Waals surface area contributed by atoms with E-state index in [0.29, 0.717) is 16.3 Å². The van der Waals surface area contributed by atoms with Crippen molar-refractivity contribution in [2.24, 2.45) is 0 Å². The van der Waals surface area contributed by atoms with Gasteiger partial charge in [0.05, 0.1) is 11.9 Å². The summed E-state index contributed by atoms with van der Waals surface area (Å²) in [6, 6.07) is 10.5. The Morgan fingerprint density at radius 3 is 2.48 bits per heavy atom. The predicted molar refractivity (Wildman–Crippen MR) is 93.7 cm³/mol. The van der Waals surface area contributed by atoms with Crippen LogP contribution in [0.5, 0.6) is 5.75 Å². The second kappa shape index (κ2) is 8.17. The summed E-state index contributed by atoms with van der Waals surface area (Å²) in [5.41, 5.74) is 0.333. The minimum Gasteiger partial charge on any atom is -0.484 e. The molecule has 0 spiro atoms. The van der Waals surface area contributed by atoms with Gasteiger partial charge in [-0.15, -0.1) is 0 Å². The number of ether oxygens (including phenoxy) is 1. The summed E-state index contributed by atoms with van der Waals surface area (Å²) in [5, 5.41) is 3.14. The summed E-state index contributed by atoms with van der Waals surface area (Å²) in [5.74, 6) is -0.606. The molecular formula is C16H16ClFN2O4S. The zero-order valence-corrected chi connectivity index (χ0v) is 14.8. The Hall–Kier alpha value is -2.32. The molecule has 0 aromatic heterocycles. The largest absolute Gasteiger partial charge is 0.484 e. The number of anilines is 1. The van der Waals surface area contributed by atoms with Crippen LogP contribution in [0.25, 0.3) is 0 Å². The molecule has 9 heteroatoms. The molecule has 25 heavy (non-hydrogen) atoms. The van der Waals surface area contributed by atoms with Crippen molar-refractivity contribution in [3.05, 3.63) is 58.9 Å². The summed E-state index contributed by atoms with van der Waals surface area (Å²) >= 11 is 5.75. The van der Waals surface area contributed by atoms with Crippen LogP contribution in [0.1, 0.15) is 5.56 Å². The summed E-state index contributed by atoms with van der Waals surface area (Å²) in [7, 11) is -3.56. The Morgan fingerprint density at radius 2 is 1.88 bits per heavy atom. The highest BCUT2D eigenvalue weighted by atomic mass is 35.5. The molecule has 0 bridgehead atoms. The normalized spacial score (nSPS) is 11.0. The Balaban J connectivity index is 1.85. The van der Waals surface area contributed by atoms with Gasteiger partial charge in [-0.25, -0.2) is 12.8 Å². The molecule has 0 aliphatic rings. The monoisotopic (exact) mass is 386 g/mol. The molecule has 134 valence electrons. The molecule has 0 saturated heterocycles. The van der Waals surface area contributed by atoms with Gasteiger partial charge in [0.2, 0.25) is 10.0 Å². The van der Waals surface area contributed by atoms with Crippen LogP contribution >= 0.6 is 11.6 Å². The van der Waals surface area contributed by atoms with E-state index in [1.54, 1.807) is 24.3 Å². The van der Waals surface area contributed by atoms with Crippen molar-refractivity contribution >= 4 is 33.2 Å². The number of carbonyl (C=O) groups is 1. The lowest BCUT2D eigenvalue weighted by Gasteiger charge is -2.09. The molecule has 0 unspecified atom stereocenters. The standard InChI is InChI=1S/C16H16ClFN2O4S/c1-25(22,23)20-15-7-2-11(8-14(15)18)9-19-16(21)10-24-13-5-3-12(17)4-6-13/h2-8,20H,9-10H2,1H3,(H,19,21). The van der Waals surface area contributed by atoms with Gasteiger partial charge in [-0.05, 0) is 42.0 Å². The van der Waals surface area contributed by atoms with Gasteiger partial charge in [-0.1, -0.05) is 17.7 Å². The van der Waals surface area contributed by atoms with Crippen LogP contribution in [-0.4, -0.2) is 27.2 Å². The predicted octanol–water partition coefficient (Wildman–Crippen LogP) is 2.55. The van der Waals surface area contributed by atoms with Crippen LogP contribution in [-0.2, 0) is 21.4 Å². The van der Waals surface area contributed by atoms with Crippen LogP contribution in [0, 0.1) is 5.82 Å². The van der Waals surface area contributed by atoms with Gasteiger partial charge in [0.15, 0.2) is 6.61 Å². The molecule has 2 N–H and O–H groups in total. The highest BCUT2D eigenvalue weighted by molar-refractivity contribution is 7.92. The van der Waals surface area contributed by atoms with E-state index in [0.717, 1.165) is 12.3 Å². The van der Waals surface area contributed by atoms with Crippen molar-refractivity contribution in [2.75, 3.05) is 17.6 Å². The maximum Gasteiger partial charge on any atom is 0.258 e. The Labute approximate surface area is 150 Å². The van der Waals surface area contributed by atoms with Crippen LogP contribution < -0.4 is 14.8 Å². The van der Waals surface area contributed by atoms with Crippen LogP contribution in [0.2, 0.25) is 5.02 Å². The number of hydrogen-bond donors (Lipinski definition) is 2. The van der Waals surface area contributed by atoms with E-state index in [2.05, 4.69) is 10.0 Å². The molecule has 0 radical (unpaired) electrons. The molecule has 0 aliphatic carbocycles. The molecule has 2 aromatic rings. The molecule has 0 saturated carbocycles. The lowest BCUT2D eigenvalue weighted by Crippen LogP contribution is -2.28. The quantitative estimate of drug-likeness (QED) is 0.765. The minimum atomic E-state index is -3.56. The average Bonchev–Trinajstić information content (AvgIpc) is 2.53. The fraction of sp³-hybridized carbons (Fsp3) is 0.188. The number of rotatable bonds is 7. The SMILES string of the molecule is CS(=O)(=O)Nc1ccc(CNC(=O)COc2ccc(Cl)cc2)cc1F. The third kappa shape index (κ3) is 6.60. The second-order valence-corrected chi connectivity index (χ2v) is 7.39. The summed E-state index contributed by atoms with van der Waals surface area (Å²) in [6.07, 6.45) is 0.932. The second-order valence-electron chi connectivity index (χ2n) is 5.21. The van der Waals surface area contributed by atoms with Gasteiger partial charge in [0.1, 0.15) is 11.6 Å². The third-order valence-electron chi connectivity index (χ3n) is 3.00. The molecule has 2 aromatic carbocycles. The first-order chi connectivity index (χ1) is 11.7. The van der Waals surface area contributed by atoms with E-state index in [4.69, 9.17) is 16.3 Å². The Morgan fingerprint density at radius 1 is 1.20 bits per heavy atom. The van der Waals surface area contributed by atoms with Crippen molar-refractivity contribution in [3.63, 3.8) is 0 Å². The van der Waals surface area contributed by atoms with Crippen molar-refractivity contribution in [1.29, 1.82) is 0 Å². The zero-order chi connectivity index (χ0) is 18.4. The van der Waals surface area contributed by atoms with Gasteiger partial charge in [-0.2, -0.15) is 0 Å². The lowest BCUT2D eigenvalue weighted by molar-refractivity contribution is -0.123. The fourth-order valence-corrected chi connectivity index (χ4v) is 2.57. The maximum atomic E-state index is 13.8. The number of nitrogens with one attached hydrogen (secondary N) is 2. The summed E-state index contributed by atoms with van der Waals surface area (Å²) < 4.78 is 43.4.